The number of aromatic nitrogens is 2. The Hall–Kier alpha value is -2.30. The van der Waals surface area contributed by atoms with Gasteiger partial charge in [0.25, 0.3) is 0 Å². The summed E-state index contributed by atoms with van der Waals surface area (Å²) in [7, 11) is 0. The van der Waals surface area contributed by atoms with Gasteiger partial charge in [0.1, 0.15) is 5.60 Å². The molecule has 0 unspecified atom stereocenters. The van der Waals surface area contributed by atoms with Crippen molar-refractivity contribution in [1.82, 2.24) is 14.9 Å². The number of carbonyl (C=O) groups excluding carboxylic acids is 1. The van der Waals surface area contributed by atoms with Crippen molar-refractivity contribution in [2.24, 2.45) is 0 Å². The number of rotatable bonds is 1. The molecule has 0 spiro atoms. The van der Waals surface area contributed by atoms with Gasteiger partial charge in [-0.2, -0.15) is 0 Å². The van der Waals surface area contributed by atoms with Crippen molar-refractivity contribution in [3.63, 3.8) is 0 Å². The highest BCUT2D eigenvalue weighted by Crippen LogP contribution is 2.24. The number of fused-ring (bicyclic) bond motifs is 1. The van der Waals surface area contributed by atoms with Gasteiger partial charge >= 0.3 is 6.09 Å². The third-order valence-corrected chi connectivity index (χ3v) is 3.36. The van der Waals surface area contributed by atoms with E-state index in [1.165, 1.54) is 0 Å². The summed E-state index contributed by atoms with van der Waals surface area (Å²) in [4.78, 5) is 21.1. The van der Waals surface area contributed by atoms with Gasteiger partial charge in [-0.1, -0.05) is 12.1 Å². The quantitative estimate of drug-likeness (QED) is 0.875. The first-order valence-electron chi connectivity index (χ1n) is 7.03. The fourth-order valence-corrected chi connectivity index (χ4v) is 2.37. The van der Waals surface area contributed by atoms with Gasteiger partial charge < -0.3 is 14.6 Å². The van der Waals surface area contributed by atoms with Crippen LogP contribution in [0, 0.1) is 0 Å². The third kappa shape index (κ3) is 2.91. The van der Waals surface area contributed by atoms with Crippen LogP contribution in [-0.4, -0.2) is 39.7 Å². The molecule has 0 aliphatic carbocycles. The first-order chi connectivity index (χ1) is 9.92. The zero-order chi connectivity index (χ0) is 15.0. The summed E-state index contributed by atoms with van der Waals surface area (Å²) in [5.41, 5.74) is 3.73. The number of hydrogen-bond donors (Lipinski definition) is 1. The molecule has 0 atom stereocenters. The fourth-order valence-electron chi connectivity index (χ4n) is 2.37. The highest BCUT2D eigenvalue weighted by molar-refractivity contribution is 5.83. The average molecular weight is 285 g/mol. The van der Waals surface area contributed by atoms with E-state index in [-0.39, 0.29) is 6.09 Å². The van der Waals surface area contributed by atoms with Gasteiger partial charge in [-0.15, -0.1) is 0 Å². The van der Waals surface area contributed by atoms with Gasteiger partial charge in [-0.3, -0.25) is 0 Å². The van der Waals surface area contributed by atoms with Gasteiger partial charge in [-0.25, -0.2) is 9.78 Å². The van der Waals surface area contributed by atoms with Gasteiger partial charge in [-0.05, 0) is 44.0 Å². The zero-order valence-corrected chi connectivity index (χ0v) is 12.5. The second-order valence-electron chi connectivity index (χ2n) is 6.22. The Morgan fingerprint density at radius 3 is 2.95 bits per heavy atom. The van der Waals surface area contributed by atoms with Crippen LogP contribution in [0.3, 0.4) is 0 Å². The molecule has 0 radical (unpaired) electrons. The number of hydrogen-bond acceptors (Lipinski definition) is 3. The van der Waals surface area contributed by atoms with Gasteiger partial charge in [0.05, 0.1) is 17.4 Å². The minimum atomic E-state index is -0.464. The lowest BCUT2D eigenvalue weighted by molar-refractivity contribution is 0.0306. The molecule has 1 aromatic carbocycles. The Balaban J connectivity index is 1.72. The number of H-pyrrole nitrogens is 1. The van der Waals surface area contributed by atoms with Crippen molar-refractivity contribution < 1.29 is 9.53 Å². The van der Waals surface area contributed by atoms with Crippen LogP contribution in [0.2, 0.25) is 0 Å². The molecular weight excluding hydrogens is 266 g/mol. The number of carbonyl (C=O) groups is 1. The molecule has 1 N–H and O–H groups in total. The molecule has 0 fully saturated rings. The molecule has 1 aliphatic heterocycles. The summed E-state index contributed by atoms with van der Waals surface area (Å²) in [6, 6.07) is 6.08. The number of imidazole rings is 1. The van der Waals surface area contributed by atoms with Crippen LogP contribution >= 0.6 is 0 Å². The topological polar surface area (TPSA) is 58.2 Å². The van der Waals surface area contributed by atoms with Crippen molar-refractivity contribution in [2.75, 3.05) is 13.1 Å². The zero-order valence-electron chi connectivity index (χ0n) is 12.5. The maximum atomic E-state index is 12.1. The SMILES string of the molecule is CC(C)(C)OC(=O)N1CC=C(c2ccc3nc[nH]c3c2)C1. The van der Waals surface area contributed by atoms with E-state index in [1.807, 2.05) is 32.9 Å². The number of amides is 1. The van der Waals surface area contributed by atoms with Crippen molar-refractivity contribution in [2.45, 2.75) is 26.4 Å². The van der Waals surface area contributed by atoms with E-state index in [0.717, 1.165) is 22.2 Å². The van der Waals surface area contributed by atoms with E-state index >= 15 is 0 Å². The van der Waals surface area contributed by atoms with Crippen LogP contribution in [-0.2, 0) is 4.74 Å². The van der Waals surface area contributed by atoms with Crippen LogP contribution in [0.1, 0.15) is 26.3 Å². The molecule has 1 aromatic heterocycles. The predicted molar refractivity (Wildman–Crippen MR) is 81.9 cm³/mol. The summed E-state index contributed by atoms with van der Waals surface area (Å²) in [5, 5.41) is 0. The molecule has 3 rings (SSSR count). The lowest BCUT2D eigenvalue weighted by Crippen LogP contribution is -2.35. The first-order valence-corrected chi connectivity index (χ1v) is 7.03. The van der Waals surface area contributed by atoms with Gasteiger partial charge in [0, 0.05) is 13.1 Å². The fraction of sp³-hybridized carbons (Fsp3) is 0.375. The summed E-state index contributed by atoms with van der Waals surface area (Å²) >= 11 is 0. The summed E-state index contributed by atoms with van der Waals surface area (Å²) in [5.74, 6) is 0. The summed E-state index contributed by atoms with van der Waals surface area (Å²) in [6.45, 7) is 6.80. The average Bonchev–Trinajstić information content (AvgIpc) is 3.05. The second-order valence-corrected chi connectivity index (χ2v) is 6.22. The molecule has 110 valence electrons. The number of nitrogens with zero attached hydrogens (tertiary/aromatic N) is 2. The van der Waals surface area contributed by atoms with E-state index in [9.17, 15) is 4.79 Å². The molecular formula is C16H19N3O2. The minimum absolute atomic E-state index is 0.267. The monoisotopic (exact) mass is 285 g/mol. The molecule has 0 saturated heterocycles. The molecule has 5 nitrogen and oxygen atoms in total. The van der Waals surface area contributed by atoms with Crippen molar-refractivity contribution >= 4 is 22.7 Å². The first kappa shape index (κ1) is 13.7. The number of benzene rings is 1. The Kier molecular flexibility index (Phi) is 3.20. The smallest absolute Gasteiger partial charge is 0.410 e. The molecule has 2 aromatic rings. The second kappa shape index (κ2) is 4.91. The van der Waals surface area contributed by atoms with Crippen LogP contribution in [0.25, 0.3) is 16.6 Å². The van der Waals surface area contributed by atoms with Gasteiger partial charge in [0.2, 0.25) is 0 Å². The Morgan fingerprint density at radius 1 is 1.38 bits per heavy atom. The number of nitrogens with one attached hydrogen (secondary N) is 1. The number of ether oxygens (including phenoxy) is 1. The van der Waals surface area contributed by atoms with Crippen LogP contribution in [0.5, 0.6) is 0 Å². The van der Waals surface area contributed by atoms with Crippen molar-refractivity contribution in [3.8, 4) is 0 Å². The molecule has 5 heteroatoms. The molecule has 2 heterocycles. The maximum absolute atomic E-state index is 12.1. The number of aromatic amines is 1. The highest BCUT2D eigenvalue weighted by atomic mass is 16.6. The lowest BCUT2D eigenvalue weighted by atomic mass is 10.1. The normalized spacial score (nSPS) is 15.4. The van der Waals surface area contributed by atoms with E-state index < -0.39 is 5.60 Å². The molecule has 21 heavy (non-hydrogen) atoms. The van der Waals surface area contributed by atoms with Crippen molar-refractivity contribution in [3.05, 3.63) is 36.2 Å². The summed E-state index contributed by atoms with van der Waals surface area (Å²) < 4.78 is 5.40. The van der Waals surface area contributed by atoms with Gasteiger partial charge in [0.15, 0.2) is 0 Å². The van der Waals surface area contributed by atoms with E-state index in [0.29, 0.717) is 13.1 Å². The third-order valence-electron chi connectivity index (χ3n) is 3.36. The Bertz CT molecular complexity index is 710. The van der Waals surface area contributed by atoms with E-state index in [1.54, 1.807) is 11.2 Å². The maximum Gasteiger partial charge on any atom is 0.410 e. The Labute approximate surface area is 123 Å². The van der Waals surface area contributed by atoms with Crippen LogP contribution in [0.4, 0.5) is 4.79 Å². The summed E-state index contributed by atoms with van der Waals surface area (Å²) in [6.07, 6.45) is 3.49. The van der Waals surface area contributed by atoms with E-state index in [2.05, 4.69) is 22.1 Å². The Morgan fingerprint density at radius 2 is 2.19 bits per heavy atom. The van der Waals surface area contributed by atoms with E-state index in [4.69, 9.17) is 4.74 Å². The minimum Gasteiger partial charge on any atom is -0.444 e. The molecule has 0 saturated carbocycles. The molecule has 1 amide bonds. The van der Waals surface area contributed by atoms with Crippen LogP contribution < -0.4 is 0 Å². The standard InChI is InChI=1S/C16H19N3O2/c1-16(2,3)21-15(20)19-7-6-12(9-19)11-4-5-13-14(8-11)18-10-17-13/h4-6,8,10H,7,9H2,1-3H3,(H,17,18). The lowest BCUT2D eigenvalue weighted by Gasteiger charge is -2.24. The molecule has 0 bridgehead atoms. The molecule has 1 aliphatic rings. The van der Waals surface area contributed by atoms with Crippen molar-refractivity contribution in [1.29, 1.82) is 0 Å². The van der Waals surface area contributed by atoms with Crippen LogP contribution in [0.15, 0.2) is 30.6 Å². The highest BCUT2D eigenvalue weighted by Gasteiger charge is 2.25. The predicted octanol–water partition coefficient (Wildman–Crippen LogP) is 3.20. The largest absolute Gasteiger partial charge is 0.444 e.